The van der Waals surface area contributed by atoms with Gasteiger partial charge in [0.2, 0.25) is 14.3 Å². The highest BCUT2D eigenvalue weighted by Crippen LogP contribution is 2.60. The lowest BCUT2D eigenvalue weighted by molar-refractivity contribution is -0.149. The van der Waals surface area contributed by atoms with Gasteiger partial charge in [-0.15, -0.1) is 0 Å². The maximum Gasteiger partial charge on any atom is 0.264 e. The number of nitrogens with zero attached hydrogens (tertiary/aromatic N) is 2. The van der Waals surface area contributed by atoms with E-state index >= 15 is 4.11 Å². The first-order valence-corrected chi connectivity index (χ1v) is 14.3. The van der Waals surface area contributed by atoms with Gasteiger partial charge in [-0.2, -0.15) is 0 Å². The Morgan fingerprint density at radius 2 is 2.12 bits per heavy atom. The predicted molar refractivity (Wildman–Crippen MR) is 121 cm³/mol. The zero-order valence-electron chi connectivity index (χ0n) is 19.4. The van der Waals surface area contributed by atoms with Gasteiger partial charge in [0.15, 0.2) is 5.60 Å². The van der Waals surface area contributed by atoms with Crippen molar-refractivity contribution in [1.29, 1.82) is 0 Å². The van der Waals surface area contributed by atoms with E-state index in [2.05, 4.69) is 0 Å². The van der Waals surface area contributed by atoms with Crippen molar-refractivity contribution in [1.82, 2.24) is 4.90 Å². The summed E-state index contributed by atoms with van der Waals surface area (Å²) in [5, 5.41) is 9.62. The Labute approximate surface area is 189 Å². The normalized spacial score (nSPS) is 32.2. The van der Waals surface area contributed by atoms with Crippen LogP contribution in [0.15, 0.2) is 18.2 Å². The van der Waals surface area contributed by atoms with Crippen molar-refractivity contribution in [2.24, 2.45) is 5.92 Å². The monoisotopic (exact) mass is 464 g/mol. The number of carbonyl (C=O) groups is 2. The number of amides is 2. The van der Waals surface area contributed by atoms with Crippen molar-refractivity contribution in [3.63, 3.8) is 0 Å². The van der Waals surface area contributed by atoms with Gasteiger partial charge in [-0.3, -0.25) is 9.59 Å². The smallest absolute Gasteiger partial charge is 0.264 e. The summed E-state index contributed by atoms with van der Waals surface area (Å²) in [6, 6.07) is 5.20. The minimum absolute atomic E-state index is 0.00387. The standard InChI is InChI=1S/C23H33FN2O5Si/c1-14-21(32(4,5)24)19(12-20(28)26-10-6-7-15(26)13-27)31-23(14)17-11-16(30-3)8-9-18(17)25(2)22(23)29/h8-9,11,14-15,19,21,27H,6-7,10,12-13H2,1-5H3/t14-,15+,19+,21-,23+/m1/s1. The molecule has 1 spiro atoms. The highest BCUT2D eigenvalue weighted by atomic mass is 28.4. The van der Waals surface area contributed by atoms with Crippen LogP contribution in [0.2, 0.25) is 18.6 Å². The number of carbonyl (C=O) groups excluding carboxylic acids is 2. The largest absolute Gasteiger partial charge is 0.497 e. The number of aliphatic hydroxyl groups excluding tert-OH is 1. The van der Waals surface area contributed by atoms with E-state index in [0.717, 1.165) is 12.8 Å². The molecule has 3 aliphatic rings. The average molecular weight is 465 g/mol. The summed E-state index contributed by atoms with van der Waals surface area (Å²) in [5.41, 5.74) is -0.487. The van der Waals surface area contributed by atoms with Gasteiger partial charge in [-0.25, -0.2) is 0 Å². The molecule has 9 heteroatoms. The van der Waals surface area contributed by atoms with Gasteiger partial charge in [-0.1, -0.05) is 6.92 Å². The van der Waals surface area contributed by atoms with Gasteiger partial charge < -0.3 is 28.5 Å². The number of ether oxygens (including phenoxy) is 2. The average Bonchev–Trinajstić information content (AvgIpc) is 3.39. The van der Waals surface area contributed by atoms with E-state index in [0.29, 0.717) is 23.5 Å². The Morgan fingerprint density at radius 1 is 1.41 bits per heavy atom. The molecule has 1 aromatic rings. The summed E-state index contributed by atoms with van der Waals surface area (Å²) in [7, 11) is -0.0641. The third-order valence-electron chi connectivity index (χ3n) is 7.58. The molecule has 3 aliphatic heterocycles. The predicted octanol–water partition coefficient (Wildman–Crippen LogP) is 2.82. The van der Waals surface area contributed by atoms with Gasteiger partial charge in [-0.05, 0) is 44.1 Å². The molecular formula is C23H33FN2O5Si. The van der Waals surface area contributed by atoms with Crippen LogP contribution in [0.4, 0.5) is 9.80 Å². The summed E-state index contributed by atoms with van der Waals surface area (Å²) >= 11 is 0. The van der Waals surface area contributed by atoms with Gasteiger partial charge in [0.05, 0.1) is 38.0 Å². The van der Waals surface area contributed by atoms with Crippen molar-refractivity contribution in [3.05, 3.63) is 23.8 Å². The van der Waals surface area contributed by atoms with Crippen LogP contribution < -0.4 is 9.64 Å². The van der Waals surface area contributed by atoms with Crippen LogP contribution in [0.5, 0.6) is 5.75 Å². The summed E-state index contributed by atoms with van der Waals surface area (Å²) in [6.07, 6.45) is 0.895. The van der Waals surface area contributed by atoms with E-state index in [-0.39, 0.29) is 30.9 Å². The number of benzene rings is 1. The van der Waals surface area contributed by atoms with Crippen LogP contribution in [-0.2, 0) is 19.9 Å². The zero-order valence-corrected chi connectivity index (χ0v) is 20.4. The number of hydrogen-bond donors (Lipinski definition) is 1. The summed E-state index contributed by atoms with van der Waals surface area (Å²) < 4.78 is 27.6. The lowest BCUT2D eigenvalue weighted by Gasteiger charge is -2.31. The number of halogens is 1. The van der Waals surface area contributed by atoms with Crippen LogP contribution >= 0.6 is 0 Å². The molecule has 1 N–H and O–H groups in total. The van der Waals surface area contributed by atoms with E-state index in [1.807, 2.05) is 13.0 Å². The maximum absolute atomic E-state index is 15.7. The molecule has 0 aliphatic carbocycles. The van der Waals surface area contributed by atoms with E-state index in [1.165, 1.54) is 0 Å². The first-order valence-electron chi connectivity index (χ1n) is 11.3. The number of aliphatic hydroxyl groups is 1. The van der Waals surface area contributed by atoms with Gasteiger partial charge in [0.25, 0.3) is 5.91 Å². The zero-order chi connectivity index (χ0) is 23.4. The molecule has 2 saturated heterocycles. The molecule has 32 heavy (non-hydrogen) atoms. The Bertz CT molecular complexity index is 922. The number of fused-ring (bicyclic) bond motifs is 2. The molecule has 2 fully saturated rings. The molecule has 0 bridgehead atoms. The number of rotatable bonds is 5. The van der Waals surface area contributed by atoms with Crippen LogP contribution in [-0.4, -0.2) is 69.7 Å². The Balaban J connectivity index is 1.73. The van der Waals surface area contributed by atoms with Crippen LogP contribution in [0.3, 0.4) is 0 Å². The third kappa shape index (κ3) is 3.36. The lowest BCUT2D eigenvalue weighted by Crippen LogP contribution is -2.44. The second-order valence-electron chi connectivity index (χ2n) is 9.79. The Hall–Kier alpha value is -1.97. The summed E-state index contributed by atoms with van der Waals surface area (Å²) in [4.78, 5) is 30.0. The SMILES string of the molecule is COc1ccc2c(c1)[C@]1(O[C@@H](CC(=O)N3CCC[C@H]3CO)[C@H]([Si](C)(C)F)[C@H]1C)C(=O)N2C. The molecule has 4 rings (SSSR count). The molecule has 0 aromatic heterocycles. The number of hydrogen-bond acceptors (Lipinski definition) is 5. The summed E-state index contributed by atoms with van der Waals surface area (Å²) in [6.45, 7) is 5.61. The molecule has 0 radical (unpaired) electrons. The second-order valence-corrected chi connectivity index (χ2v) is 13.6. The molecule has 0 saturated carbocycles. The highest BCUT2D eigenvalue weighted by molar-refractivity contribution is 6.72. The fraction of sp³-hybridized carbons (Fsp3) is 0.652. The van der Waals surface area contributed by atoms with E-state index in [1.54, 1.807) is 49.2 Å². The lowest BCUT2D eigenvalue weighted by atomic mass is 9.82. The second kappa shape index (κ2) is 8.11. The molecule has 1 aromatic carbocycles. The first kappa shape index (κ1) is 23.2. The molecule has 3 heterocycles. The van der Waals surface area contributed by atoms with Crippen molar-refractivity contribution >= 4 is 25.9 Å². The number of likely N-dealkylation sites (N-methyl/N-ethyl adjacent to an activating group) is 1. The molecule has 2 amide bonds. The van der Waals surface area contributed by atoms with Gasteiger partial charge >= 0.3 is 0 Å². The molecule has 5 atom stereocenters. The topological polar surface area (TPSA) is 79.3 Å². The quantitative estimate of drug-likeness (QED) is 0.536. The number of likely N-dealkylation sites (tertiary alicyclic amines) is 1. The molecule has 0 unspecified atom stereocenters. The Kier molecular flexibility index (Phi) is 5.88. The van der Waals surface area contributed by atoms with Crippen LogP contribution in [0.1, 0.15) is 31.7 Å². The van der Waals surface area contributed by atoms with Crippen molar-refractivity contribution in [2.45, 2.75) is 62.6 Å². The van der Waals surface area contributed by atoms with E-state index < -0.39 is 31.6 Å². The maximum atomic E-state index is 15.7. The third-order valence-corrected chi connectivity index (χ3v) is 10.0. The molecule has 7 nitrogen and oxygen atoms in total. The van der Waals surface area contributed by atoms with Crippen LogP contribution in [0.25, 0.3) is 0 Å². The van der Waals surface area contributed by atoms with Gasteiger partial charge in [0.1, 0.15) is 5.75 Å². The first-order chi connectivity index (χ1) is 15.1. The van der Waals surface area contributed by atoms with Crippen LogP contribution in [0, 0.1) is 5.92 Å². The van der Waals surface area contributed by atoms with Crippen molar-refractivity contribution in [3.8, 4) is 5.75 Å². The van der Waals surface area contributed by atoms with Crippen molar-refractivity contribution in [2.75, 3.05) is 32.2 Å². The Morgan fingerprint density at radius 3 is 2.75 bits per heavy atom. The summed E-state index contributed by atoms with van der Waals surface area (Å²) in [5.74, 6) is -0.232. The molecule has 176 valence electrons. The number of anilines is 1. The fourth-order valence-corrected chi connectivity index (χ4v) is 8.60. The minimum atomic E-state index is -3.32. The minimum Gasteiger partial charge on any atom is -0.497 e. The van der Waals surface area contributed by atoms with E-state index in [9.17, 15) is 14.7 Å². The van der Waals surface area contributed by atoms with Gasteiger partial charge in [0, 0.05) is 30.6 Å². The highest BCUT2D eigenvalue weighted by Gasteiger charge is 2.66. The van der Waals surface area contributed by atoms with Crippen molar-refractivity contribution < 1.29 is 28.3 Å². The number of methoxy groups -OCH3 is 1. The fourth-order valence-electron chi connectivity index (χ4n) is 6.10. The van der Waals surface area contributed by atoms with E-state index in [4.69, 9.17) is 9.47 Å². The molecular weight excluding hydrogens is 431 g/mol.